The number of hydrogen-bond acceptors (Lipinski definition) is 6. The van der Waals surface area contributed by atoms with Crippen LogP contribution in [0.15, 0.2) is 36.5 Å². The first-order valence-electron chi connectivity index (χ1n) is 10.7. The predicted octanol–water partition coefficient (Wildman–Crippen LogP) is 4.27. The SMILES string of the molecule is CC1C(=O)Nc2cnc(Nc3cccc(C(=O)O)c3)cc2N1C1CCOCC1.CCC. The lowest BCUT2D eigenvalue weighted by molar-refractivity contribution is -0.117. The lowest BCUT2D eigenvalue weighted by atomic mass is 10.0. The molecule has 1 unspecified atom stereocenters. The molecule has 2 aliphatic heterocycles. The van der Waals surface area contributed by atoms with E-state index in [1.54, 1.807) is 24.4 Å². The Morgan fingerprint density at radius 1 is 1.29 bits per heavy atom. The number of pyridine rings is 1. The zero-order valence-electron chi connectivity index (χ0n) is 18.2. The summed E-state index contributed by atoms with van der Waals surface area (Å²) in [5.41, 5.74) is 2.43. The molecule has 0 bridgehead atoms. The van der Waals surface area contributed by atoms with Gasteiger partial charge in [0.05, 0.1) is 23.1 Å². The Balaban J connectivity index is 0.000000858. The van der Waals surface area contributed by atoms with Crippen molar-refractivity contribution in [2.75, 3.05) is 28.7 Å². The minimum absolute atomic E-state index is 0.0457. The van der Waals surface area contributed by atoms with Crippen LogP contribution in [0.2, 0.25) is 0 Å². The highest BCUT2D eigenvalue weighted by Gasteiger charge is 2.35. The molecule has 8 heteroatoms. The summed E-state index contributed by atoms with van der Waals surface area (Å²) in [6, 6.07) is 8.39. The van der Waals surface area contributed by atoms with Gasteiger partial charge < -0.3 is 25.4 Å². The van der Waals surface area contributed by atoms with Gasteiger partial charge in [-0.15, -0.1) is 0 Å². The number of nitrogens with one attached hydrogen (secondary N) is 2. The lowest BCUT2D eigenvalue weighted by Gasteiger charge is -2.43. The van der Waals surface area contributed by atoms with Gasteiger partial charge in [-0.3, -0.25) is 4.79 Å². The van der Waals surface area contributed by atoms with Crippen molar-refractivity contribution in [3.05, 3.63) is 42.1 Å². The van der Waals surface area contributed by atoms with Gasteiger partial charge in [0.25, 0.3) is 0 Å². The van der Waals surface area contributed by atoms with Gasteiger partial charge in [-0.1, -0.05) is 26.3 Å². The first-order chi connectivity index (χ1) is 14.9. The molecule has 2 aliphatic rings. The van der Waals surface area contributed by atoms with Gasteiger partial charge in [-0.05, 0) is 38.0 Å². The topological polar surface area (TPSA) is 104 Å². The molecule has 1 aromatic carbocycles. The molecule has 0 saturated carbocycles. The number of ether oxygens (including phenoxy) is 1. The molecule has 1 fully saturated rings. The molecule has 166 valence electrons. The van der Waals surface area contributed by atoms with Crippen LogP contribution in [0.3, 0.4) is 0 Å². The van der Waals surface area contributed by atoms with E-state index in [1.165, 1.54) is 12.5 Å². The van der Waals surface area contributed by atoms with Crippen molar-refractivity contribution in [1.82, 2.24) is 4.98 Å². The number of fused-ring (bicyclic) bond motifs is 1. The predicted molar refractivity (Wildman–Crippen MR) is 121 cm³/mol. The molecule has 8 nitrogen and oxygen atoms in total. The van der Waals surface area contributed by atoms with E-state index in [2.05, 4.69) is 34.4 Å². The molecule has 4 rings (SSSR count). The molecule has 31 heavy (non-hydrogen) atoms. The van der Waals surface area contributed by atoms with Gasteiger partial charge in [0.1, 0.15) is 11.9 Å². The van der Waals surface area contributed by atoms with Crippen molar-refractivity contribution in [1.29, 1.82) is 0 Å². The van der Waals surface area contributed by atoms with Crippen LogP contribution in [0.1, 0.15) is 50.4 Å². The van der Waals surface area contributed by atoms with Gasteiger partial charge >= 0.3 is 5.97 Å². The number of anilines is 4. The molecule has 0 radical (unpaired) electrons. The number of carbonyl (C=O) groups is 2. The number of benzene rings is 1. The number of hydrogen-bond donors (Lipinski definition) is 3. The van der Waals surface area contributed by atoms with E-state index in [9.17, 15) is 9.59 Å². The molecule has 1 aromatic heterocycles. The maximum absolute atomic E-state index is 12.4. The van der Waals surface area contributed by atoms with Gasteiger partial charge in [-0.2, -0.15) is 0 Å². The number of aromatic carboxylic acids is 1. The van der Waals surface area contributed by atoms with Crippen molar-refractivity contribution in [2.45, 2.75) is 52.1 Å². The van der Waals surface area contributed by atoms with Crippen molar-refractivity contribution < 1.29 is 19.4 Å². The van der Waals surface area contributed by atoms with Crippen LogP contribution >= 0.6 is 0 Å². The van der Waals surface area contributed by atoms with Crippen molar-refractivity contribution >= 4 is 34.8 Å². The van der Waals surface area contributed by atoms with Crippen LogP contribution in [0, 0.1) is 0 Å². The minimum Gasteiger partial charge on any atom is -0.478 e. The Morgan fingerprint density at radius 2 is 2.00 bits per heavy atom. The maximum atomic E-state index is 12.4. The fourth-order valence-corrected chi connectivity index (χ4v) is 3.75. The molecule has 3 heterocycles. The fourth-order valence-electron chi connectivity index (χ4n) is 3.75. The number of carboxylic acid groups (broad SMARTS) is 1. The van der Waals surface area contributed by atoms with Crippen molar-refractivity contribution in [2.24, 2.45) is 0 Å². The maximum Gasteiger partial charge on any atom is 0.335 e. The quantitative estimate of drug-likeness (QED) is 0.671. The van der Waals surface area contributed by atoms with Crippen LogP contribution in [-0.4, -0.2) is 47.3 Å². The Bertz CT molecular complexity index is 928. The fraction of sp³-hybridized carbons (Fsp3) is 0.435. The molecule has 1 saturated heterocycles. The van der Waals surface area contributed by atoms with E-state index in [0.717, 1.165) is 18.5 Å². The van der Waals surface area contributed by atoms with E-state index < -0.39 is 5.97 Å². The average Bonchev–Trinajstić information content (AvgIpc) is 2.76. The lowest BCUT2D eigenvalue weighted by Crippen LogP contribution is -2.52. The highest BCUT2D eigenvalue weighted by atomic mass is 16.5. The first-order valence-corrected chi connectivity index (χ1v) is 10.7. The van der Waals surface area contributed by atoms with Gasteiger partial charge in [0.15, 0.2) is 0 Å². The summed E-state index contributed by atoms with van der Waals surface area (Å²) in [6.07, 6.45) is 4.61. The van der Waals surface area contributed by atoms with E-state index in [-0.39, 0.29) is 23.6 Å². The van der Waals surface area contributed by atoms with Crippen LogP contribution in [-0.2, 0) is 9.53 Å². The molecule has 1 amide bonds. The summed E-state index contributed by atoms with van der Waals surface area (Å²) in [7, 11) is 0. The minimum atomic E-state index is -0.982. The monoisotopic (exact) mass is 426 g/mol. The highest BCUT2D eigenvalue weighted by molar-refractivity contribution is 6.03. The van der Waals surface area contributed by atoms with Gasteiger partial charge in [-0.25, -0.2) is 9.78 Å². The highest BCUT2D eigenvalue weighted by Crippen LogP contribution is 2.37. The van der Waals surface area contributed by atoms with E-state index in [4.69, 9.17) is 9.84 Å². The van der Waals surface area contributed by atoms with E-state index >= 15 is 0 Å². The Hall–Kier alpha value is -3.13. The second-order valence-electron chi connectivity index (χ2n) is 7.72. The second kappa shape index (κ2) is 10.3. The Kier molecular flexibility index (Phi) is 7.46. The zero-order chi connectivity index (χ0) is 22.4. The zero-order valence-corrected chi connectivity index (χ0v) is 18.2. The summed E-state index contributed by atoms with van der Waals surface area (Å²) in [5.74, 6) is -0.443. The van der Waals surface area contributed by atoms with Gasteiger partial charge in [0, 0.05) is 31.0 Å². The second-order valence-corrected chi connectivity index (χ2v) is 7.72. The summed E-state index contributed by atoms with van der Waals surface area (Å²) < 4.78 is 5.47. The summed E-state index contributed by atoms with van der Waals surface area (Å²) in [6.45, 7) is 7.52. The molecule has 0 aliphatic carbocycles. The van der Waals surface area contributed by atoms with Crippen LogP contribution in [0.5, 0.6) is 0 Å². The Morgan fingerprint density at radius 3 is 2.68 bits per heavy atom. The summed E-state index contributed by atoms with van der Waals surface area (Å²) >= 11 is 0. The molecular weight excluding hydrogens is 396 g/mol. The molecule has 2 aromatic rings. The number of carbonyl (C=O) groups excluding carboxylic acids is 1. The standard InChI is InChI=1S/C20H22N4O4.C3H8/c1-12-19(25)23-16-11-21-18(22-14-4-2-3-13(9-14)20(26)27)10-17(16)24(12)15-5-7-28-8-6-15;1-3-2/h2-4,9-12,15H,5-8H2,1H3,(H,21,22)(H,23,25)(H,26,27);3H2,1-2H3. The third-order valence-corrected chi connectivity index (χ3v) is 5.18. The molecule has 3 N–H and O–H groups in total. The van der Waals surface area contributed by atoms with Crippen molar-refractivity contribution in [3.63, 3.8) is 0 Å². The van der Waals surface area contributed by atoms with E-state index in [1.807, 2.05) is 13.0 Å². The summed E-state index contributed by atoms with van der Waals surface area (Å²) in [5, 5.41) is 15.2. The van der Waals surface area contributed by atoms with E-state index in [0.29, 0.717) is 30.4 Å². The van der Waals surface area contributed by atoms with Crippen LogP contribution < -0.4 is 15.5 Å². The third-order valence-electron chi connectivity index (χ3n) is 5.18. The number of rotatable bonds is 4. The number of nitrogens with zero attached hydrogens (tertiary/aromatic N) is 2. The number of carboxylic acids is 1. The molecule has 1 atom stereocenters. The molecule has 0 spiro atoms. The average molecular weight is 427 g/mol. The normalized spacial score (nSPS) is 18.4. The number of amides is 1. The van der Waals surface area contributed by atoms with Gasteiger partial charge in [0.2, 0.25) is 5.91 Å². The number of aromatic nitrogens is 1. The largest absolute Gasteiger partial charge is 0.478 e. The first kappa shape index (κ1) is 22.6. The summed E-state index contributed by atoms with van der Waals surface area (Å²) in [4.78, 5) is 30.1. The van der Waals surface area contributed by atoms with Crippen molar-refractivity contribution in [3.8, 4) is 0 Å². The van der Waals surface area contributed by atoms with Crippen LogP contribution in [0.4, 0.5) is 22.9 Å². The third kappa shape index (κ3) is 5.32. The Labute approximate surface area is 182 Å². The van der Waals surface area contributed by atoms with Crippen LogP contribution in [0.25, 0.3) is 0 Å². The smallest absolute Gasteiger partial charge is 0.335 e. The molecular formula is C23H30N4O4.